The molecule has 0 spiro atoms. The average molecular weight is 325 g/mol. The van der Waals surface area contributed by atoms with E-state index >= 15 is 0 Å². The summed E-state index contributed by atoms with van der Waals surface area (Å²) in [4.78, 5) is 38.7. The molecule has 0 atom stereocenters. The monoisotopic (exact) mass is 325 g/mol. The van der Waals surface area contributed by atoms with Crippen LogP contribution in [0.4, 0.5) is 10.5 Å². The Morgan fingerprint density at radius 3 is 2.67 bits per heavy atom. The second-order valence-corrected chi connectivity index (χ2v) is 4.83. The fraction of sp³-hybridized carbons (Fsp3) is 0. The number of anilines is 1. The molecule has 8 heteroatoms. The Morgan fingerprint density at radius 2 is 1.88 bits per heavy atom. The smallest absolute Gasteiger partial charge is 0.335 e. The number of aromatic carboxylic acids is 1. The highest BCUT2D eigenvalue weighted by molar-refractivity contribution is 6.09. The largest absolute Gasteiger partial charge is 0.478 e. The number of hydrogen-bond acceptors (Lipinski definition) is 5. The molecule has 120 valence electrons. The fourth-order valence-electron chi connectivity index (χ4n) is 2.06. The van der Waals surface area contributed by atoms with Crippen molar-refractivity contribution in [3.05, 3.63) is 60.0 Å². The molecule has 0 aliphatic carbocycles. The zero-order chi connectivity index (χ0) is 17.1. The Kier molecular flexibility index (Phi) is 3.94. The van der Waals surface area contributed by atoms with Gasteiger partial charge in [0.15, 0.2) is 12.0 Å². The third-order valence-electron chi connectivity index (χ3n) is 3.19. The molecule has 0 bridgehead atoms. The first-order valence-electron chi connectivity index (χ1n) is 6.82. The zero-order valence-corrected chi connectivity index (χ0v) is 12.1. The highest BCUT2D eigenvalue weighted by atomic mass is 16.4. The second-order valence-electron chi connectivity index (χ2n) is 4.83. The lowest BCUT2D eigenvalue weighted by Gasteiger charge is -2.07. The molecule has 0 aliphatic rings. The summed E-state index contributed by atoms with van der Waals surface area (Å²) >= 11 is 0. The van der Waals surface area contributed by atoms with Crippen LogP contribution < -0.4 is 10.6 Å². The standard InChI is InChI=1S/C16H11N3O5/c20-14(9-4-5-12-13(7-9)24-8-17-12)19-16(23)18-11-3-1-2-10(6-11)15(21)22/h1-8H,(H,21,22)(H2,18,19,20,23). The van der Waals surface area contributed by atoms with Gasteiger partial charge < -0.3 is 14.8 Å². The first-order chi connectivity index (χ1) is 11.5. The Bertz CT molecular complexity index is 948. The minimum atomic E-state index is -1.12. The van der Waals surface area contributed by atoms with Gasteiger partial charge in [-0.25, -0.2) is 14.6 Å². The van der Waals surface area contributed by atoms with Crippen molar-refractivity contribution in [1.29, 1.82) is 0 Å². The Balaban J connectivity index is 1.68. The van der Waals surface area contributed by atoms with Gasteiger partial charge in [0, 0.05) is 11.3 Å². The lowest BCUT2D eigenvalue weighted by Crippen LogP contribution is -2.34. The number of nitrogens with zero attached hydrogens (tertiary/aromatic N) is 1. The number of rotatable bonds is 3. The Morgan fingerprint density at radius 1 is 1.04 bits per heavy atom. The van der Waals surface area contributed by atoms with Gasteiger partial charge in [-0.1, -0.05) is 6.07 Å². The summed E-state index contributed by atoms with van der Waals surface area (Å²) in [6.07, 6.45) is 1.26. The van der Waals surface area contributed by atoms with Crippen LogP contribution in [0, 0.1) is 0 Å². The van der Waals surface area contributed by atoms with Gasteiger partial charge in [0.25, 0.3) is 5.91 Å². The number of imide groups is 1. The van der Waals surface area contributed by atoms with E-state index in [1.54, 1.807) is 6.07 Å². The van der Waals surface area contributed by atoms with E-state index in [9.17, 15) is 14.4 Å². The van der Waals surface area contributed by atoms with E-state index in [-0.39, 0.29) is 16.8 Å². The molecule has 2 aromatic carbocycles. The zero-order valence-electron chi connectivity index (χ0n) is 12.1. The second kappa shape index (κ2) is 6.21. The van der Waals surface area contributed by atoms with Crippen molar-refractivity contribution in [3.63, 3.8) is 0 Å². The third kappa shape index (κ3) is 3.22. The number of carboxylic acid groups (broad SMARTS) is 1. The quantitative estimate of drug-likeness (QED) is 0.680. The van der Waals surface area contributed by atoms with Crippen molar-refractivity contribution in [2.45, 2.75) is 0 Å². The molecular weight excluding hydrogens is 314 g/mol. The van der Waals surface area contributed by atoms with Crippen molar-refractivity contribution in [3.8, 4) is 0 Å². The molecule has 3 amide bonds. The summed E-state index contributed by atoms with van der Waals surface area (Å²) in [6, 6.07) is 9.47. The molecule has 0 radical (unpaired) electrons. The number of carboxylic acids is 1. The first-order valence-corrected chi connectivity index (χ1v) is 6.82. The molecule has 24 heavy (non-hydrogen) atoms. The number of carbonyl (C=O) groups is 3. The molecule has 3 aromatic rings. The topological polar surface area (TPSA) is 122 Å². The van der Waals surface area contributed by atoms with E-state index in [1.165, 1.54) is 42.8 Å². The molecule has 0 saturated heterocycles. The number of oxazole rings is 1. The molecule has 1 aromatic heterocycles. The van der Waals surface area contributed by atoms with Gasteiger partial charge in [0.1, 0.15) is 5.52 Å². The van der Waals surface area contributed by atoms with Gasteiger partial charge in [-0.05, 0) is 36.4 Å². The molecule has 3 rings (SSSR count). The fourth-order valence-corrected chi connectivity index (χ4v) is 2.06. The predicted octanol–water partition coefficient (Wildman–Crippen LogP) is 2.49. The lowest BCUT2D eigenvalue weighted by molar-refractivity contribution is 0.0696. The van der Waals surface area contributed by atoms with E-state index in [0.717, 1.165) is 0 Å². The first kappa shape index (κ1) is 15.2. The summed E-state index contributed by atoms with van der Waals surface area (Å²) < 4.78 is 5.10. The van der Waals surface area contributed by atoms with Crippen LogP contribution in [0.1, 0.15) is 20.7 Å². The third-order valence-corrected chi connectivity index (χ3v) is 3.19. The van der Waals surface area contributed by atoms with E-state index in [0.29, 0.717) is 11.1 Å². The van der Waals surface area contributed by atoms with Crippen LogP contribution >= 0.6 is 0 Å². The van der Waals surface area contributed by atoms with Gasteiger partial charge in [-0.3, -0.25) is 10.1 Å². The summed E-state index contributed by atoms with van der Waals surface area (Å²) in [5.74, 6) is -1.74. The number of carbonyl (C=O) groups excluding carboxylic acids is 2. The van der Waals surface area contributed by atoms with Crippen LogP contribution in [0.25, 0.3) is 11.1 Å². The van der Waals surface area contributed by atoms with E-state index in [4.69, 9.17) is 9.52 Å². The van der Waals surface area contributed by atoms with Crippen LogP contribution in [-0.4, -0.2) is 28.0 Å². The van der Waals surface area contributed by atoms with Gasteiger partial charge in [-0.15, -0.1) is 0 Å². The van der Waals surface area contributed by atoms with Crippen molar-refractivity contribution >= 4 is 34.7 Å². The van der Waals surface area contributed by atoms with Crippen LogP contribution in [0.3, 0.4) is 0 Å². The number of nitrogens with one attached hydrogen (secondary N) is 2. The number of benzene rings is 2. The molecular formula is C16H11N3O5. The van der Waals surface area contributed by atoms with Crippen LogP contribution in [0.15, 0.2) is 53.3 Å². The summed E-state index contributed by atoms with van der Waals surface area (Å²) in [6.45, 7) is 0. The number of amides is 3. The summed E-state index contributed by atoms with van der Waals surface area (Å²) in [5.41, 5.74) is 1.54. The highest BCUT2D eigenvalue weighted by Crippen LogP contribution is 2.14. The number of fused-ring (bicyclic) bond motifs is 1. The lowest BCUT2D eigenvalue weighted by atomic mass is 10.2. The SMILES string of the molecule is O=C(NC(=O)c1ccc2ncoc2c1)Nc1cccc(C(=O)O)c1. The van der Waals surface area contributed by atoms with Crippen molar-refractivity contribution in [1.82, 2.24) is 10.3 Å². The molecule has 0 fully saturated rings. The Labute approximate surface area is 135 Å². The molecule has 0 unspecified atom stereocenters. The van der Waals surface area contributed by atoms with Crippen molar-refractivity contribution in [2.24, 2.45) is 0 Å². The van der Waals surface area contributed by atoms with Crippen molar-refractivity contribution < 1.29 is 23.9 Å². The van der Waals surface area contributed by atoms with Gasteiger partial charge >= 0.3 is 12.0 Å². The van der Waals surface area contributed by atoms with Crippen molar-refractivity contribution in [2.75, 3.05) is 5.32 Å². The normalized spacial score (nSPS) is 10.3. The highest BCUT2D eigenvalue weighted by Gasteiger charge is 2.13. The molecule has 1 heterocycles. The van der Waals surface area contributed by atoms with Crippen LogP contribution in [0.2, 0.25) is 0 Å². The molecule has 0 aliphatic heterocycles. The maximum absolute atomic E-state index is 12.1. The van der Waals surface area contributed by atoms with E-state index < -0.39 is 17.9 Å². The molecule has 8 nitrogen and oxygen atoms in total. The number of hydrogen-bond donors (Lipinski definition) is 3. The summed E-state index contributed by atoms with van der Waals surface area (Å²) in [5, 5.41) is 13.5. The average Bonchev–Trinajstić information content (AvgIpc) is 3.02. The Hall–Kier alpha value is -3.68. The van der Waals surface area contributed by atoms with E-state index in [2.05, 4.69) is 15.6 Å². The molecule has 3 N–H and O–H groups in total. The van der Waals surface area contributed by atoms with Gasteiger partial charge in [0.05, 0.1) is 5.56 Å². The van der Waals surface area contributed by atoms with Crippen LogP contribution in [-0.2, 0) is 0 Å². The van der Waals surface area contributed by atoms with Crippen LogP contribution in [0.5, 0.6) is 0 Å². The number of aromatic nitrogens is 1. The minimum Gasteiger partial charge on any atom is -0.478 e. The van der Waals surface area contributed by atoms with Gasteiger partial charge in [-0.2, -0.15) is 0 Å². The minimum absolute atomic E-state index is 0.0231. The van der Waals surface area contributed by atoms with E-state index in [1.807, 2.05) is 0 Å². The maximum atomic E-state index is 12.1. The summed E-state index contributed by atoms with van der Waals surface area (Å²) in [7, 11) is 0. The maximum Gasteiger partial charge on any atom is 0.335 e. The molecule has 0 saturated carbocycles. The number of urea groups is 1. The predicted molar refractivity (Wildman–Crippen MR) is 83.9 cm³/mol. The van der Waals surface area contributed by atoms with Gasteiger partial charge in [0.2, 0.25) is 0 Å².